The second-order valence-electron chi connectivity index (χ2n) is 4.13. The van der Waals surface area contributed by atoms with Gasteiger partial charge in [-0.05, 0) is 13.0 Å². The summed E-state index contributed by atoms with van der Waals surface area (Å²) in [5.41, 5.74) is 0. The largest absolute Gasteiger partial charge is 0.463 e. The summed E-state index contributed by atoms with van der Waals surface area (Å²) >= 11 is 0. The van der Waals surface area contributed by atoms with E-state index in [9.17, 15) is 14.7 Å². The summed E-state index contributed by atoms with van der Waals surface area (Å²) in [6, 6.07) is 0. The molecule has 0 unspecified atom stereocenters. The number of esters is 2. The maximum atomic E-state index is 11.3. The Balaban J connectivity index is 1.69. The molecule has 0 saturated carbocycles. The summed E-state index contributed by atoms with van der Waals surface area (Å²) in [5, 5.41) is 9.33. The number of carbonyl (C=O) groups is 2. The SMILES string of the molecule is C[C@H]1O[C@H]1/C=C/C(=O)OC[C@H]1COC(=O)[C@H]1O. The number of carbonyl (C=O) groups excluding carboxylic acids is 2. The molecular formula is C11H14O6. The molecule has 2 fully saturated rings. The van der Waals surface area contributed by atoms with Crippen molar-refractivity contribution in [1.82, 2.24) is 0 Å². The number of cyclic esters (lactones) is 1. The lowest BCUT2D eigenvalue weighted by atomic mass is 10.1. The Bertz CT molecular complexity index is 350. The van der Waals surface area contributed by atoms with E-state index >= 15 is 0 Å². The fourth-order valence-corrected chi connectivity index (χ4v) is 1.51. The van der Waals surface area contributed by atoms with E-state index in [0.717, 1.165) is 0 Å². The maximum Gasteiger partial charge on any atom is 0.335 e. The van der Waals surface area contributed by atoms with Crippen molar-refractivity contribution in [2.45, 2.75) is 25.2 Å². The van der Waals surface area contributed by atoms with Crippen LogP contribution < -0.4 is 0 Å². The molecule has 0 radical (unpaired) electrons. The van der Waals surface area contributed by atoms with Gasteiger partial charge in [0, 0.05) is 6.08 Å². The van der Waals surface area contributed by atoms with Crippen LogP contribution in [-0.2, 0) is 23.8 Å². The molecule has 6 heteroatoms. The van der Waals surface area contributed by atoms with Crippen molar-refractivity contribution in [2.24, 2.45) is 5.92 Å². The summed E-state index contributed by atoms with van der Waals surface area (Å²) in [4.78, 5) is 22.1. The number of hydrogen-bond donors (Lipinski definition) is 1. The molecule has 0 bridgehead atoms. The van der Waals surface area contributed by atoms with Gasteiger partial charge in [0.15, 0.2) is 6.10 Å². The predicted molar refractivity (Wildman–Crippen MR) is 54.9 cm³/mol. The Morgan fingerprint density at radius 3 is 2.88 bits per heavy atom. The first kappa shape index (κ1) is 12.1. The quantitative estimate of drug-likeness (QED) is 0.403. The highest BCUT2D eigenvalue weighted by Crippen LogP contribution is 2.22. The van der Waals surface area contributed by atoms with E-state index in [0.29, 0.717) is 0 Å². The smallest absolute Gasteiger partial charge is 0.335 e. The molecule has 2 aliphatic rings. The third-order valence-corrected chi connectivity index (χ3v) is 2.75. The lowest BCUT2D eigenvalue weighted by molar-refractivity contribution is -0.146. The van der Waals surface area contributed by atoms with Gasteiger partial charge >= 0.3 is 11.9 Å². The molecule has 6 nitrogen and oxygen atoms in total. The number of epoxide rings is 1. The van der Waals surface area contributed by atoms with Crippen LogP contribution in [0.2, 0.25) is 0 Å². The summed E-state index contributed by atoms with van der Waals surface area (Å²) in [5.74, 6) is -1.66. The zero-order valence-electron chi connectivity index (χ0n) is 9.37. The summed E-state index contributed by atoms with van der Waals surface area (Å²) < 4.78 is 14.6. The zero-order chi connectivity index (χ0) is 12.4. The number of rotatable bonds is 4. The van der Waals surface area contributed by atoms with Crippen LogP contribution in [0.25, 0.3) is 0 Å². The van der Waals surface area contributed by atoms with Crippen LogP contribution in [0.15, 0.2) is 12.2 Å². The summed E-state index contributed by atoms with van der Waals surface area (Å²) in [6.07, 6.45) is 1.86. The molecule has 2 saturated heterocycles. The monoisotopic (exact) mass is 242 g/mol. The summed E-state index contributed by atoms with van der Waals surface area (Å²) in [6.45, 7) is 1.95. The molecule has 0 aromatic carbocycles. The van der Waals surface area contributed by atoms with Crippen LogP contribution in [-0.4, -0.2) is 48.6 Å². The topological polar surface area (TPSA) is 85.4 Å². The average Bonchev–Trinajstić information content (AvgIpc) is 2.92. The lowest BCUT2D eigenvalue weighted by Crippen LogP contribution is -2.26. The summed E-state index contributed by atoms with van der Waals surface area (Å²) in [7, 11) is 0. The van der Waals surface area contributed by atoms with Crippen molar-refractivity contribution in [3.05, 3.63) is 12.2 Å². The van der Waals surface area contributed by atoms with Crippen molar-refractivity contribution in [1.29, 1.82) is 0 Å². The van der Waals surface area contributed by atoms with E-state index in [1.807, 2.05) is 6.92 Å². The van der Waals surface area contributed by atoms with Crippen molar-refractivity contribution < 1.29 is 28.9 Å². The highest BCUT2D eigenvalue weighted by Gasteiger charge is 2.36. The molecule has 0 aliphatic carbocycles. The first-order chi connectivity index (χ1) is 8.08. The van der Waals surface area contributed by atoms with Crippen LogP contribution in [0.5, 0.6) is 0 Å². The Morgan fingerprint density at radius 1 is 1.65 bits per heavy atom. The van der Waals surface area contributed by atoms with Gasteiger partial charge in [0.2, 0.25) is 0 Å². The standard InChI is InChI=1S/C11H14O6/c1-6-8(17-6)2-3-9(12)15-4-7-5-16-11(14)10(7)13/h2-3,6-8,10,13H,4-5H2,1H3/b3-2+/t6-,7+,8+,10+/m1/s1. The second-order valence-corrected chi connectivity index (χ2v) is 4.13. The Hall–Kier alpha value is -1.40. The van der Waals surface area contributed by atoms with Gasteiger partial charge < -0.3 is 19.3 Å². The second kappa shape index (κ2) is 4.85. The van der Waals surface area contributed by atoms with E-state index in [1.54, 1.807) is 6.08 Å². The molecule has 4 atom stereocenters. The van der Waals surface area contributed by atoms with Crippen LogP contribution in [0.1, 0.15) is 6.92 Å². The lowest BCUT2D eigenvalue weighted by Gasteiger charge is -2.09. The minimum Gasteiger partial charge on any atom is -0.463 e. The Kier molecular flexibility index (Phi) is 3.44. The molecule has 0 spiro atoms. The van der Waals surface area contributed by atoms with E-state index in [1.165, 1.54) is 6.08 Å². The molecule has 17 heavy (non-hydrogen) atoms. The predicted octanol–water partition coefficient (Wildman–Crippen LogP) is -0.593. The Morgan fingerprint density at radius 2 is 2.35 bits per heavy atom. The third-order valence-electron chi connectivity index (χ3n) is 2.75. The number of aliphatic hydroxyl groups is 1. The molecule has 94 valence electrons. The van der Waals surface area contributed by atoms with Gasteiger partial charge in [-0.25, -0.2) is 9.59 Å². The van der Waals surface area contributed by atoms with Crippen LogP contribution in [0.3, 0.4) is 0 Å². The number of hydrogen-bond acceptors (Lipinski definition) is 6. The van der Waals surface area contributed by atoms with E-state index in [-0.39, 0.29) is 25.4 Å². The first-order valence-corrected chi connectivity index (χ1v) is 5.43. The molecule has 2 heterocycles. The highest BCUT2D eigenvalue weighted by molar-refractivity contribution is 5.82. The molecular weight excluding hydrogens is 228 g/mol. The maximum absolute atomic E-state index is 11.3. The average molecular weight is 242 g/mol. The van der Waals surface area contributed by atoms with Gasteiger partial charge in [0.05, 0.1) is 12.0 Å². The van der Waals surface area contributed by atoms with Crippen molar-refractivity contribution >= 4 is 11.9 Å². The molecule has 2 aliphatic heterocycles. The van der Waals surface area contributed by atoms with Crippen LogP contribution in [0, 0.1) is 5.92 Å². The molecule has 2 rings (SSSR count). The van der Waals surface area contributed by atoms with Gasteiger partial charge in [-0.2, -0.15) is 0 Å². The van der Waals surface area contributed by atoms with E-state index < -0.39 is 24.0 Å². The minimum atomic E-state index is -1.20. The Labute approximate surface area is 98.1 Å². The minimum absolute atomic E-state index is 0.00969. The third kappa shape index (κ3) is 3.04. The molecule has 0 aromatic rings. The fraction of sp³-hybridized carbons (Fsp3) is 0.636. The van der Waals surface area contributed by atoms with Gasteiger partial charge in [0.25, 0.3) is 0 Å². The van der Waals surface area contributed by atoms with Gasteiger partial charge in [-0.3, -0.25) is 0 Å². The normalized spacial score (nSPS) is 36.0. The fourth-order valence-electron chi connectivity index (χ4n) is 1.51. The van der Waals surface area contributed by atoms with Crippen molar-refractivity contribution in [3.63, 3.8) is 0 Å². The number of ether oxygens (including phenoxy) is 3. The van der Waals surface area contributed by atoms with E-state index in [4.69, 9.17) is 9.47 Å². The first-order valence-electron chi connectivity index (χ1n) is 5.43. The van der Waals surface area contributed by atoms with Gasteiger partial charge in [0.1, 0.15) is 19.3 Å². The molecule has 0 aromatic heterocycles. The van der Waals surface area contributed by atoms with Crippen LogP contribution in [0.4, 0.5) is 0 Å². The molecule has 1 N–H and O–H groups in total. The number of aliphatic hydroxyl groups excluding tert-OH is 1. The van der Waals surface area contributed by atoms with Gasteiger partial charge in [-0.15, -0.1) is 0 Å². The van der Waals surface area contributed by atoms with E-state index in [2.05, 4.69) is 4.74 Å². The van der Waals surface area contributed by atoms with Gasteiger partial charge in [-0.1, -0.05) is 0 Å². The van der Waals surface area contributed by atoms with Crippen molar-refractivity contribution in [2.75, 3.05) is 13.2 Å². The van der Waals surface area contributed by atoms with Crippen LogP contribution >= 0.6 is 0 Å². The zero-order valence-corrected chi connectivity index (χ0v) is 9.37. The highest BCUT2D eigenvalue weighted by atomic mass is 16.6. The molecule has 0 amide bonds. The van der Waals surface area contributed by atoms with Crippen molar-refractivity contribution in [3.8, 4) is 0 Å².